The minimum absolute atomic E-state index is 1.12. The van der Waals surface area contributed by atoms with Gasteiger partial charge < -0.3 is 0 Å². The monoisotopic (exact) mass is 302 g/mol. The molecule has 0 aromatic carbocycles. The quantitative estimate of drug-likeness (QED) is 0.550. The van der Waals surface area contributed by atoms with Crippen LogP contribution in [0.5, 0.6) is 0 Å². The summed E-state index contributed by atoms with van der Waals surface area (Å²) in [6, 6.07) is 4.42. The van der Waals surface area contributed by atoms with E-state index >= 15 is 0 Å². The second kappa shape index (κ2) is 20.1. The van der Waals surface area contributed by atoms with Crippen molar-refractivity contribution < 1.29 is 0 Å². The molecule has 1 heterocycles. The maximum atomic E-state index is 2.32. The van der Waals surface area contributed by atoms with Crippen LogP contribution in [0.3, 0.4) is 0 Å². The van der Waals surface area contributed by atoms with Crippen molar-refractivity contribution in [2.75, 3.05) is 5.75 Å². The molecule has 0 nitrogen and oxygen atoms in total. The first-order chi connectivity index (χ1) is 9.27. The second-order valence-corrected chi connectivity index (χ2v) is 5.41. The average molecular weight is 303 g/mol. The third-order valence-corrected chi connectivity index (χ3v) is 3.82. The normalized spacial score (nSPS) is 9.21. The summed E-state index contributed by atoms with van der Waals surface area (Å²) in [5.74, 6) is 1.16. The van der Waals surface area contributed by atoms with E-state index in [0.717, 1.165) is 12.2 Å². The molecule has 0 unspecified atom stereocenters. The summed E-state index contributed by atoms with van der Waals surface area (Å²) < 4.78 is 0. The Labute approximate surface area is 130 Å². The number of rotatable bonds is 4. The van der Waals surface area contributed by atoms with Crippen molar-refractivity contribution in [2.24, 2.45) is 0 Å². The van der Waals surface area contributed by atoms with Crippen molar-refractivity contribution in [1.82, 2.24) is 0 Å². The third-order valence-electron chi connectivity index (χ3n) is 1.67. The number of thiophene rings is 1. The number of allylic oxidation sites excluding steroid dienone is 1. The molecule has 1 rings (SSSR count). The Balaban J connectivity index is -0.000000375. The van der Waals surface area contributed by atoms with Crippen molar-refractivity contribution in [2.45, 2.75) is 68.7 Å². The van der Waals surface area contributed by atoms with Crippen LogP contribution in [0, 0.1) is 6.92 Å². The molecule has 1 aromatic heterocycles. The van der Waals surface area contributed by atoms with Crippen LogP contribution in [-0.2, 0) is 0 Å². The van der Waals surface area contributed by atoms with E-state index < -0.39 is 0 Å². The van der Waals surface area contributed by atoms with E-state index in [9.17, 15) is 0 Å². The summed E-state index contributed by atoms with van der Waals surface area (Å²) in [7, 11) is 0. The summed E-state index contributed by atoms with van der Waals surface area (Å²) >= 11 is 3.83. The van der Waals surface area contributed by atoms with Crippen LogP contribution in [0.4, 0.5) is 0 Å². The lowest BCUT2D eigenvalue weighted by Gasteiger charge is -2.01. The predicted molar refractivity (Wildman–Crippen MR) is 99.5 cm³/mol. The molecule has 0 bridgehead atoms. The second-order valence-electron chi connectivity index (χ2n) is 2.82. The summed E-state index contributed by atoms with van der Waals surface area (Å²) in [5.41, 5.74) is 0. The minimum atomic E-state index is 1.12. The van der Waals surface area contributed by atoms with Gasteiger partial charge in [0.15, 0.2) is 0 Å². The van der Waals surface area contributed by atoms with Gasteiger partial charge in [-0.05, 0) is 31.2 Å². The van der Waals surface area contributed by atoms with Crippen LogP contribution in [0.25, 0.3) is 4.91 Å². The highest BCUT2D eigenvalue weighted by Crippen LogP contribution is 2.32. The lowest BCUT2D eigenvalue weighted by Crippen LogP contribution is -1.74. The molecular formula is C17H34S2. The Morgan fingerprint density at radius 1 is 1.05 bits per heavy atom. The zero-order valence-corrected chi connectivity index (χ0v) is 16.1. The van der Waals surface area contributed by atoms with Gasteiger partial charge in [0.05, 0.1) is 0 Å². The SMILES string of the molecule is CC.CC.CC.CC/C=C(\SCC)c1ccc(C)s1. The summed E-state index contributed by atoms with van der Waals surface area (Å²) in [5, 5.41) is 0. The van der Waals surface area contributed by atoms with Gasteiger partial charge in [-0.15, -0.1) is 23.1 Å². The van der Waals surface area contributed by atoms with Gasteiger partial charge in [-0.2, -0.15) is 0 Å². The van der Waals surface area contributed by atoms with Crippen molar-refractivity contribution in [3.8, 4) is 0 Å². The van der Waals surface area contributed by atoms with Gasteiger partial charge in [0.1, 0.15) is 0 Å². The fraction of sp³-hybridized carbons (Fsp3) is 0.647. The molecule has 1 aromatic rings. The van der Waals surface area contributed by atoms with Crippen molar-refractivity contribution >= 4 is 28.0 Å². The molecule has 0 aliphatic heterocycles. The molecule has 0 aliphatic carbocycles. The maximum absolute atomic E-state index is 2.32. The molecule has 0 atom stereocenters. The van der Waals surface area contributed by atoms with Crippen LogP contribution < -0.4 is 0 Å². The first kappa shape index (κ1) is 23.9. The van der Waals surface area contributed by atoms with Gasteiger partial charge in [0.25, 0.3) is 0 Å². The molecular weight excluding hydrogens is 268 g/mol. The lowest BCUT2D eigenvalue weighted by molar-refractivity contribution is 1.23. The van der Waals surface area contributed by atoms with Gasteiger partial charge in [-0.1, -0.05) is 61.5 Å². The standard InChI is InChI=1S/C11H16S2.3C2H6/c1-4-6-10(12-5-2)11-8-7-9(3)13-11;3*1-2/h6-8H,4-5H2,1-3H3;3*1-2H3/b10-6-;;;. The minimum Gasteiger partial charge on any atom is -0.140 e. The molecule has 114 valence electrons. The largest absolute Gasteiger partial charge is 0.140 e. The summed E-state index contributed by atoms with van der Waals surface area (Å²) in [4.78, 5) is 4.27. The Bertz CT molecular complexity index is 285. The van der Waals surface area contributed by atoms with Crippen molar-refractivity contribution in [3.63, 3.8) is 0 Å². The van der Waals surface area contributed by atoms with Gasteiger partial charge in [-0.3, -0.25) is 0 Å². The van der Waals surface area contributed by atoms with Crippen LogP contribution in [0.1, 0.15) is 71.6 Å². The van der Waals surface area contributed by atoms with E-state index in [1.807, 2.05) is 64.6 Å². The molecule has 19 heavy (non-hydrogen) atoms. The molecule has 0 aliphatic rings. The molecule has 0 radical (unpaired) electrons. The zero-order chi connectivity index (χ0) is 15.7. The number of hydrogen-bond donors (Lipinski definition) is 0. The maximum Gasteiger partial charge on any atom is 0.0405 e. The highest BCUT2D eigenvalue weighted by Gasteiger charge is 2.02. The molecule has 0 fully saturated rings. The Hall–Kier alpha value is -0.210. The van der Waals surface area contributed by atoms with E-state index in [2.05, 4.69) is 39.0 Å². The van der Waals surface area contributed by atoms with E-state index in [4.69, 9.17) is 0 Å². The van der Waals surface area contributed by atoms with Crippen LogP contribution in [0.2, 0.25) is 0 Å². The Kier molecular flexibility index (Phi) is 25.3. The summed E-state index contributed by atoms with van der Waals surface area (Å²) in [6.45, 7) is 18.6. The van der Waals surface area contributed by atoms with Crippen LogP contribution in [0.15, 0.2) is 18.2 Å². The van der Waals surface area contributed by atoms with Gasteiger partial charge in [0.2, 0.25) is 0 Å². The van der Waals surface area contributed by atoms with Gasteiger partial charge in [0, 0.05) is 14.7 Å². The fourth-order valence-corrected chi connectivity index (χ4v) is 3.05. The predicted octanol–water partition coefficient (Wildman–Crippen LogP) is 7.64. The number of aryl methyl sites for hydroxylation is 1. The highest BCUT2D eigenvalue weighted by atomic mass is 32.2. The topological polar surface area (TPSA) is 0 Å². The molecule has 2 heteroatoms. The summed E-state index contributed by atoms with van der Waals surface area (Å²) in [6.07, 6.45) is 3.44. The van der Waals surface area contributed by atoms with E-state index in [0.29, 0.717) is 0 Å². The van der Waals surface area contributed by atoms with E-state index in [1.54, 1.807) is 0 Å². The van der Waals surface area contributed by atoms with Gasteiger partial charge in [-0.25, -0.2) is 0 Å². The Morgan fingerprint density at radius 3 is 1.89 bits per heavy atom. The number of hydrogen-bond acceptors (Lipinski definition) is 2. The number of thioether (sulfide) groups is 1. The molecule has 0 saturated heterocycles. The molecule has 0 N–H and O–H groups in total. The first-order valence-corrected chi connectivity index (χ1v) is 9.47. The van der Waals surface area contributed by atoms with Crippen molar-refractivity contribution in [1.29, 1.82) is 0 Å². The molecule has 0 spiro atoms. The Morgan fingerprint density at radius 2 is 1.58 bits per heavy atom. The van der Waals surface area contributed by atoms with E-state index in [-0.39, 0.29) is 0 Å². The fourth-order valence-electron chi connectivity index (χ4n) is 1.14. The first-order valence-electron chi connectivity index (χ1n) is 7.67. The van der Waals surface area contributed by atoms with Gasteiger partial charge >= 0.3 is 0 Å². The smallest absolute Gasteiger partial charge is 0.0405 e. The van der Waals surface area contributed by atoms with Crippen LogP contribution in [-0.4, -0.2) is 5.75 Å². The average Bonchev–Trinajstić information content (AvgIpc) is 2.92. The van der Waals surface area contributed by atoms with Crippen LogP contribution >= 0.6 is 23.1 Å². The lowest BCUT2D eigenvalue weighted by atomic mass is 10.3. The van der Waals surface area contributed by atoms with E-state index in [1.165, 1.54) is 14.7 Å². The zero-order valence-electron chi connectivity index (χ0n) is 14.5. The molecule has 0 saturated carbocycles. The molecule has 0 amide bonds. The van der Waals surface area contributed by atoms with Crippen molar-refractivity contribution in [3.05, 3.63) is 28.0 Å². The third kappa shape index (κ3) is 12.6. The highest BCUT2D eigenvalue weighted by molar-refractivity contribution is 8.08.